The number of rotatable bonds is 10. The van der Waals surface area contributed by atoms with Crippen molar-refractivity contribution < 1.29 is 4.74 Å². The van der Waals surface area contributed by atoms with E-state index in [1.807, 2.05) is 0 Å². The Morgan fingerprint density at radius 1 is 1.11 bits per heavy atom. The highest BCUT2D eigenvalue weighted by molar-refractivity contribution is 5.80. The van der Waals surface area contributed by atoms with E-state index >= 15 is 0 Å². The first-order valence-electron chi connectivity index (χ1n) is 11.7. The fraction of sp³-hybridized carbons (Fsp3) is 0.955. The minimum atomic E-state index is 0.240. The number of aliphatic imine (C=N–C) groups is 1. The molecule has 6 heteroatoms. The third kappa shape index (κ3) is 6.07. The third-order valence-corrected chi connectivity index (χ3v) is 6.84. The largest absolute Gasteiger partial charge is 0.378 e. The third-order valence-electron chi connectivity index (χ3n) is 6.84. The monoisotopic (exact) mass is 395 g/mol. The van der Waals surface area contributed by atoms with Crippen LogP contribution in [0.4, 0.5) is 0 Å². The summed E-state index contributed by atoms with van der Waals surface area (Å²) < 4.78 is 6.02. The quantitative estimate of drug-likeness (QED) is 0.338. The molecule has 2 N–H and O–H groups in total. The van der Waals surface area contributed by atoms with Gasteiger partial charge in [0.05, 0.1) is 6.10 Å². The van der Waals surface area contributed by atoms with Crippen LogP contribution in [0.25, 0.3) is 0 Å². The predicted molar refractivity (Wildman–Crippen MR) is 119 cm³/mol. The molecule has 0 amide bonds. The van der Waals surface area contributed by atoms with Gasteiger partial charge in [-0.3, -0.25) is 4.99 Å². The minimum Gasteiger partial charge on any atom is -0.378 e. The highest BCUT2D eigenvalue weighted by atomic mass is 16.5. The van der Waals surface area contributed by atoms with Crippen molar-refractivity contribution in [2.45, 2.75) is 71.9 Å². The summed E-state index contributed by atoms with van der Waals surface area (Å²) in [6.45, 7) is 17.4. The van der Waals surface area contributed by atoms with Crippen molar-refractivity contribution in [3.63, 3.8) is 0 Å². The maximum atomic E-state index is 6.02. The van der Waals surface area contributed by atoms with E-state index in [1.54, 1.807) is 0 Å². The molecule has 1 aliphatic heterocycles. The smallest absolute Gasteiger partial charge is 0.191 e. The maximum absolute atomic E-state index is 6.02. The molecule has 0 radical (unpaired) electrons. The van der Waals surface area contributed by atoms with Gasteiger partial charge in [0.1, 0.15) is 0 Å². The van der Waals surface area contributed by atoms with Gasteiger partial charge in [0.25, 0.3) is 0 Å². The Morgan fingerprint density at radius 2 is 1.89 bits per heavy atom. The average molecular weight is 396 g/mol. The first-order valence-corrected chi connectivity index (χ1v) is 11.7. The molecule has 0 aromatic rings. The topological polar surface area (TPSA) is 52.1 Å². The molecular weight excluding hydrogens is 350 g/mol. The summed E-state index contributed by atoms with van der Waals surface area (Å²) in [5.41, 5.74) is 0.240. The number of guanidine groups is 1. The van der Waals surface area contributed by atoms with Crippen LogP contribution in [0.5, 0.6) is 0 Å². The number of hydrogen-bond acceptors (Lipinski definition) is 4. The molecule has 2 atom stereocenters. The molecule has 2 fully saturated rings. The molecule has 1 heterocycles. The molecule has 0 aromatic heterocycles. The standard InChI is InChI=1S/C22H45N5O/c1-6-22(7-2)19(18-20(22)28-9-4)25-21(23-8-3)24-12-10-14-27-15-11-13-26(5)16-17-27/h19-20H,6-18H2,1-5H3,(H2,23,24,25). The van der Waals surface area contributed by atoms with Crippen molar-refractivity contribution >= 4 is 5.96 Å². The molecule has 0 spiro atoms. The van der Waals surface area contributed by atoms with Gasteiger partial charge in [-0.25, -0.2) is 0 Å². The maximum Gasteiger partial charge on any atom is 0.191 e. The molecule has 1 saturated carbocycles. The van der Waals surface area contributed by atoms with E-state index in [-0.39, 0.29) is 5.41 Å². The lowest BCUT2D eigenvalue weighted by molar-refractivity contribution is -0.133. The Labute approximate surface area is 173 Å². The first-order chi connectivity index (χ1) is 13.6. The second-order valence-electron chi connectivity index (χ2n) is 8.43. The Bertz CT molecular complexity index is 466. The van der Waals surface area contributed by atoms with Gasteiger partial charge in [0.15, 0.2) is 5.96 Å². The summed E-state index contributed by atoms with van der Waals surface area (Å²) in [5.74, 6) is 0.976. The van der Waals surface area contributed by atoms with Crippen molar-refractivity contribution in [1.82, 2.24) is 20.4 Å². The van der Waals surface area contributed by atoms with Gasteiger partial charge in [-0.15, -0.1) is 0 Å². The summed E-state index contributed by atoms with van der Waals surface area (Å²) in [6, 6.07) is 0.456. The zero-order valence-corrected chi connectivity index (χ0v) is 19.1. The summed E-state index contributed by atoms with van der Waals surface area (Å²) in [4.78, 5) is 9.91. The van der Waals surface area contributed by atoms with E-state index in [0.717, 1.165) is 57.9 Å². The predicted octanol–water partition coefficient (Wildman–Crippen LogP) is 2.55. The Morgan fingerprint density at radius 3 is 2.57 bits per heavy atom. The van der Waals surface area contributed by atoms with E-state index in [0.29, 0.717) is 12.1 Å². The summed E-state index contributed by atoms with van der Waals surface area (Å²) in [5, 5.41) is 7.17. The Kier molecular flexibility index (Phi) is 10.0. The summed E-state index contributed by atoms with van der Waals surface area (Å²) in [6.07, 6.45) is 6.17. The molecule has 2 aliphatic rings. The second-order valence-corrected chi connectivity index (χ2v) is 8.43. The molecular formula is C22H45N5O. The van der Waals surface area contributed by atoms with Crippen molar-refractivity contribution in [3.05, 3.63) is 0 Å². The lowest BCUT2D eigenvalue weighted by atomic mass is 9.58. The van der Waals surface area contributed by atoms with E-state index in [1.165, 1.54) is 32.6 Å². The SMILES string of the molecule is CCNC(=NCCCN1CCCN(C)CC1)NC1CC(OCC)C1(CC)CC. The lowest BCUT2D eigenvalue weighted by Crippen LogP contribution is -2.65. The highest BCUT2D eigenvalue weighted by Gasteiger charge is 2.53. The van der Waals surface area contributed by atoms with E-state index in [4.69, 9.17) is 9.73 Å². The van der Waals surface area contributed by atoms with E-state index in [9.17, 15) is 0 Å². The van der Waals surface area contributed by atoms with Crippen LogP contribution >= 0.6 is 0 Å². The van der Waals surface area contributed by atoms with Crippen molar-refractivity contribution in [2.75, 3.05) is 59.5 Å². The zero-order valence-electron chi connectivity index (χ0n) is 19.1. The molecule has 2 rings (SSSR count). The number of likely N-dealkylation sites (N-methyl/N-ethyl adjacent to an activating group) is 1. The van der Waals surface area contributed by atoms with Crippen LogP contribution in [-0.2, 0) is 4.74 Å². The zero-order chi connectivity index (χ0) is 20.4. The molecule has 2 unspecified atom stereocenters. The number of ether oxygens (including phenoxy) is 1. The van der Waals surface area contributed by atoms with Crippen LogP contribution in [0.1, 0.15) is 59.8 Å². The van der Waals surface area contributed by atoms with Crippen LogP contribution in [-0.4, -0.2) is 87.4 Å². The molecule has 0 bridgehead atoms. The normalized spacial score (nSPS) is 26.5. The van der Waals surface area contributed by atoms with Crippen LogP contribution in [0, 0.1) is 5.41 Å². The molecule has 1 aliphatic carbocycles. The molecule has 1 saturated heterocycles. The van der Waals surface area contributed by atoms with Crippen LogP contribution < -0.4 is 10.6 Å². The van der Waals surface area contributed by atoms with Crippen LogP contribution in [0.3, 0.4) is 0 Å². The summed E-state index contributed by atoms with van der Waals surface area (Å²) >= 11 is 0. The first kappa shape index (κ1) is 23.4. The van der Waals surface area contributed by atoms with Gasteiger partial charge >= 0.3 is 0 Å². The minimum absolute atomic E-state index is 0.240. The number of hydrogen-bond donors (Lipinski definition) is 2. The fourth-order valence-electron chi connectivity index (χ4n) is 4.88. The Balaban J connectivity index is 1.83. The molecule has 6 nitrogen and oxygen atoms in total. The van der Waals surface area contributed by atoms with Gasteiger partial charge in [-0.1, -0.05) is 13.8 Å². The lowest BCUT2D eigenvalue weighted by Gasteiger charge is -2.55. The van der Waals surface area contributed by atoms with Crippen molar-refractivity contribution in [2.24, 2.45) is 10.4 Å². The number of nitrogens with zero attached hydrogens (tertiary/aromatic N) is 3. The van der Waals surface area contributed by atoms with Gasteiger partial charge in [-0.05, 0) is 72.6 Å². The average Bonchev–Trinajstić information content (AvgIpc) is 2.89. The van der Waals surface area contributed by atoms with Gasteiger partial charge in [-0.2, -0.15) is 0 Å². The number of nitrogens with one attached hydrogen (secondary N) is 2. The van der Waals surface area contributed by atoms with Crippen molar-refractivity contribution in [3.8, 4) is 0 Å². The summed E-state index contributed by atoms with van der Waals surface area (Å²) in [7, 11) is 2.23. The highest BCUT2D eigenvalue weighted by Crippen LogP contribution is 2.48. The van der Waals surface area contributed by atoms with E-state index in [2.05, 4.69) is 55.2 Å². The Hall–Kier alpha value is -0.850. The van der Waals surface area contributed by atoms with Gasteiger partial charge in [0.2, 0.25) is 0 Å². The molecule has 28 heavy (non-hydrogen) atoms. The van der Waals surface area contributed by atoms with Gasteiger partial charge in [0, 0.05) is 44.2 Å². The van der Waals surface area contributed by atoms with E-state index < -0.39 is 0 Å². The van der Waals surface area contributed by atoms with Crippen LogP contribution in [0.15, 0.2) is 4.99 Å². The fourth-order valence-corrected chi connectivity index (χ4v) is 4.88. The van der Waals surface area contributed by atoms with Gasteiger partial charge < -0.3 is 25.2 Å². The molecule has 0 aromatic carbocycles. The van der Waals surface area contributed by atoms with Crippen molar-refractivity contribution in [1.29, 1.82) is 0 Å². The molecule has 164 valence electrons. The van der Waals surface area contributed by atoms with Crippen LogP contribution in [0.2, 0.25) is 0 Å². The second kappa shape index (κ2) is 12.0.